The van der Waals surface area contributed by atoms with E-state index < -0.39 is 10.1 Å². The van der Waals surface area contributed by atoms with Gasteiger partial charge in [-0.15, -0.1) is 0 Å². The van der Waals surface area contributed by atoms with E-state index in [0.717, 1.165) is 17.8 Å². The van der Waals surface area contributed by atoms with E-state index in [2.05, 4.69) is 9.74 Å². The largest absolute Gasteiger partial charge is 0.373 e. The molecule has 5 nitrogen and oxygen atoms in total. The van der Waals surface area contributed by atoms with Crippen LogP contribution >= 0.6 is 0 Å². The third-order valence-corrected chi connectivity index (χ3v) is 5.15. The van der Waals surface area contributed by atoms with Crippen LogP contribution in [-0.4, -0.2) is 28.1 Å². The van der Waals surface area contributed by atoms with Crippen LogP contribution in [0.3, 0.4) is 0 Å². The van der Waals surface area contributed by atoms with Gasteiger partial charge in [0, 0.05) is 18.8 Å². The lowest BCUT2D eigenvalue weighted by molar-refractivity contribution is 0.313. The van der Waals surface area contributed by atoms with E-state index in [0.29, 0.717) is 18.7 Å². The number of hydrogen-bond donors (Lipinski definition) is 0. The average Bonchev–Trinajstić information content (AvgIpc) is 2.62. The fraction of sp³-hybridized carbons (Fsp3) is 0.316. The van der Waals surface area contributed by atoms with Gasteiger partial charge < -0.3 is 4.90 Å². The summed E-state index contributed by atoms with van der Waals surface area (Å²) in [6.45, 7) is 12.6. The Morgan fingerprint density at radius 3 is 2.52 bits per heavy atom. The SMILES string of the molecule is [C-]#[N+]c1cccc(N(CC)CCCOS(=O)(=O)c2ccc(C)cc2)c1. The van der Waals surface area contributed by atoms with Gasteiger partial charge in [0.05, 0.1) is 18.1 Å². The Morgan fingerprint density at radius 1 is 1.16 bits per heavy atom. The van der Waals surface area contributed by atoms with E-state index in [1.54, 1.807) is 30.3 Å². The molecule has 0 unspecified atom stereocenters. The maximum Gasteiger partial charge on any atom is 0.296 e. The van der Waals surface area contributed by atoms with Crippen LogP contribution in [0.25, 0.3) is 4.85 Å². The molecule has 0 aliphatic carbocycles. The van der Waals surface area contributed by atoms with Crippen LogP contribution in [0, 0.1) is 13.5 Å². The maximum absolute atomic E-state index is 12.1. The molecule has 0 amide bonds. The van der Waals surface area contributed by atoms with Crippen molar-refractivity contribution in [1.29, 1.82) is 0 Å². The molecule has 0 spiro atoms. The Labute approximate surface area is 149 Å². The number of hydrogen-bond acceptors (Lipinski definition) is 4. The van der Waals surface area contributed by atoms with Crippen LogP contribution in [0.2, 0.25) is 0 Å². The first kappa shape index (κ1) is 19.0. The molecular weight excluding hydrogens is 336 g/mol. The zero-order valence-electron chi connectivity index (χ0n) is 14.5. The number of nitrogens with zero attached hydrogens (tertiary/aromatic N) is 2. The van der Waals surface area contributed by atoms with Crippen molar-refractivity contribution in [1.82, 2.24) is 0 Å². The van der Waals surface area contributed by atoms with E-state index in [4.69, 9.17) is 10.8 Å². The first-order chi connectivity index (χ1) is 12.0. The summed E-state index contributed by atoms with van der Waals surface area (Å²) in [7, 11) is -3.72. The van der Waals surface area contributed by atoms with E-state index in [1.165, 1.54) is 0 Å². The maximum atomic E-state index is 12.1. The number of rotatable bonds is 8. The van der Waals surface area contributed by atoms with Crippen molar-refractivity contribution in [2.75, 3.05) is 24.6 Å². The Kier molecular flexibility index (Phi) is 6.57. The van der Waals surface area contributed by atoms with E-state index in [1.807, 2.05) is 32.0 Å². The molecule has 0 saturated carbocycles. The van der Waals surface area contributed by atoms with Gasteiger partial charge in [-0.05, 0) is 44.5 Å². The molecule has 25 heavy (non-hydrogen) atoms. The summed E-state index contributed by atoms with van der Waals surface area (Å²) < 4.78 is 29.4. The molecule has 0 aromatic heterocycles. The summed E-state index contributed by atoms with van der Waals surface area (Å²) in [6, 6.07) is 14.0. The van der Waals surface area contributed by atoms with E-state index in [9.17, 15) is 8.42 Å². The Morgan fingerprint density at radius 2 is 1.88 bits per heavy atom. The molecule has 0 heterocycles. The van der Waals surface area contributed by atoms with Gasteiger partial charge in [-0.3, -0.25) is 4.18 Å². The topological polar surface area (TPSA) is 51.0 Å². The van der Waals surface area contributed by atoms with Crippen LogP contribution in [0.1, 0.15) is 18.9 Å². The normalized spacial score (nSPS) is 11.1. The van der Waals surface area contributed by atoms with Gasteiger partial charge in [0.25, 0.3) is 10.1 Å². The molecular formula is C19H22N2O3S. The molecule has 132 valence electrons. The smallest absolute Gasteiger partial charge is 0.296 e. The molecule has 0 N–H and O–H groups in total. The third kappa shape index (κ3) is 5.31. The van der Waals surface area contributed by atoms with Crippen molar-refractivity contribution in [3.05, 3.63) is 65.5 Å². The number of benzene rings is 2. The molecule has 2 aromatic rings. The summed E-state index contributed by atoms with van der Waals surface area (Å²) >= 11 is 0. The van der Waals surface area contributed by atoms with Gasteiger partial charge in [-0.1, -0.05) is 29.8 Å². The fourth-order valence-corrected chi connectivity index (χ4v) is 3.37. The second-order valence-electron chi connectivity index (χ2n) is 5.65. The van der Waals surface area contributed by atoms with Gasteiger partial charge in [-0.2, -0.15) is 8.42 Å². The van der Waals surface area contributed by atoms with Gasteiger partial charge in [-0.25, -0.2) is 4.85 Å². The number of aryl methyl sites for hydroxylation is 1. The minimum Gasteiger partial charge on any atom is -0.373 e. The van der Waals surface area contributed by atoms with E-state index >= 15 is 0 Å². The highest BCUT2D eigenvalue weighted by Gasteiger charge is 2.14. The fourth-order valence-electron chi connectivity index (χ4n) is 2.43. The lowest BCUT2D eigenvalue weighted by Gasteiger charge is -2.23. The van der Waals surface area contributed by atoms with Gasteiger partial charge in [0.15, 0.2) is 5.69 Å². The van der Waals surface area contributed by atoms with Crippen molar-refractivity contribution in [3.8, 4) is 0 Å². The lowest BCUT2D eigenvalue weighted by Crippen LogP contribution is -2.25. The zero-order chi connectivity index (χ0) is 18.3. The monoisotopic (exact) mass is 358 g/mol. The Bertz CT molecular complexity index is 840. The Hall–Kier alpha value is -2.36. The highest BCUT2D eigenvalue weighted by molar-refractivity contribution is 7.86. The average molecular weight is 358 g/mol. The molecule has 0 fully saturated rings. The third-order valence-electron chi connectivity index (χ3n) is 3.83. The standard InChI is InChI=1S/C19H22N2O3S/c1-4-21(18-8-5-7-17(15-18)20-3)13-6-14-24-25(22,23)19-11-9-16(2)10-12-19/h5,7-12,15H,4,6,13-14H2,1-2H3. The van der Waals surface area contributed by atoms with Crippen molar-refractivity contribution in [3.63, 3.8) is 0 Å². The molecule has 0 radical (unpaired) electrons. The van der Waals surface area contributed by atoms with Crippen molar-refractivity contribution >= 4 is 21.5 Å². The second-order valence-corrected chi connectivity index (χ2v) is 7.27. The highest BCUT2D eigenvalue weighted by Crippen LogP contribution is 2.21. The van der Waals surface area contributed by atoms with Crippen LogP contribution in [-0.2, 0) is 14.3 Å². The molecule has 6 heteroatoms. The molecule has 0 atom stereocenters. The molecule has 2 rings (SSSR count). The first-order valence-corrected chi connectivity index (χ1v) is 9.55. The van der Waals surface area contributed by atoms with Gasteiger partial charge in [0.2, 0.25) is 0 Å². The predicted molar refractivity (Wildman–Crippen MR) is 99.5 cm³/mol. The molecule has 0 aliphatic rings. The minimum atomic E-state index is -3.72. The zero-order valence-corrected chi connectivity index (χ0v) is 15.3. The quantitative estimate of drug-likeness (QED) is 0.404. The molecule has 0 aliphatic heterocycles. The van der Waals surface area contributed by atoms with Gasteiger partial charge >= 0.3 is 0 Å². The summed E-state index contributed by atoms with van der Waals surface area (Å²) in [6.07, 6.45) is 0.571. The number of anilines is 1. The Balaban J connectivity index is 1.90. The second kappa shape index (κ2) is 8.65. The lowest BCUT2D eigenvalue weighted by atomic mass is 10.2. The van der Waals surface area contributed by atoms with Crippen LogP contribution in [0.15, 0.2) is 53.4 Å². The van der Waals surface area contributed by atoms with Crippen molar-refractivity contribution < 1.29 is 12.6 Å². The highest BCUT2D eigenvalue weighted by atomic mass is 32.2. The summed E-state index contributed by atoms with van der Waals surface area (Å²) in [4.78, 5) is 5.71. The van der Waals surface area contributed by atoms with E-state index in [-0.39, 0.29) is 11.5 Å². The summed E-state index contributed by atoms with van der Waals surface area (Å²) in [5, 5.41) is 0. The summed E-state index contributed by atoms with van der Waals surface area (Å²) in [5.74, 6) is 0. The van der Waals surface area contributed by atoms with Crippen molar-refractivity contribution in [2.24, 2.45) is 0 Å². The van der Waals surface area contributed by atoms with Crippen LogP contribution in [0.4, 0.5) is 11.4 Å². The molecule has 0 saturated heterocycles. The molecule has 0 bridgehead atoms. The van der Waals surface area contributed by atoms with Crippen molar-refractivity contribution in [2.45, 2.75) is 25.2 Å². The predicted octanol–water partition coefficient (Wildman–Crippen LogP) is 4.17. The summed E-state index contributed by atoms with van der Waals surface area (Å²) in [5.41, 5.74) is 2.55. The van der Waals surface area contributed by atoms with Crippen LogP contribution in [0.5, 0.6) is 0 Å². The first-order valence-electron chi connectivity index (χ1n) is 8.15. The van der Waals surface area contributed by atoms with Crippen LogP contribution < -0.4 is 4.90 Å². The minimum absolute atomic E-state index is 0.120. The molecule has 2 aromatic carbocycles. The van der Waals surface area contributed by atoms with Gasteiger partial charge in [0.1, 0.15) is 0 Å².